The predicted molar refractivity (Wildman–Crippen MR) is 117 cm³/mol. The maximum atomic E-state index is 13.1. The Kier molecular flexibility index (Phi) is 5.54. The van der Waals surface area contributed by atoms with Gasteiger partial charge in [-0.3, -0.25) is 9.69 Å². The number of carbonyl (C=O) groups is 2. The smallest absolute Gasteiger partial charge is 0.335 e. The van der Waals surface area contributed by atoms with Gasteiger partial charge in [0, 0.05) is 6.08 Å². The van der Waals surface area contributed by atoms with Crippen molar-refractivity contribution in [2.24, 2.45) is 4.99 Å². The summed E-state index contributed by atoms with van der Waals surface area (Å²) >= 11 is 1.29. The lowest BCUT2D eigenvalue weighted by Gasteiger charge is -2.16. The predicted octanol–water partition coefficient (Wildman–Crippen LogP) is 5.09. The molecule has 150 valence electrons. The summed E-state index contributed by atoms with van der Waals surface area (Å²) in [4.78, 5) is 31.0. The van der Waals surface area contributed by atoms with Crippen LogP contribution >= 0.6 is 11.8 Å². The van der Waals surface area contributed by atoms with Crippen LogP contribution in [0.15, 0.2) is 81.0 Å². The fourth-order valence-electron chi connectivity index (χ4n) is 2.94. The van der Waals surface area contributed by atoms with Crippen molar-refractivity contribution in [1.82, 2.24) is 4.90 Å². The topological polar surface area (TPSA) is 83.1 Å². The summed E-state index contributed by atoms with van der Waals surface area (Å²) in [5, 5.41) is 9.64. The van der Waals surface area contributed by atoms with E-state index in [0.717, 1.165) is 17.0 Å². The fourth-order valence-corrected chi connectivity index (χ4v) is 3.92. The second-order valence-corrected chi connectivity index (χ2v) is 7.69. The molecule has 0 unspecified atom stereocenters. The minimum absolute atomic E-state index is 0.175. The van der Waals surface area contributed by atoms with Crippen molar-refractivity contribution in [3.05, 3.63) is 94.3 Å². The largest absolute Gasteiger partial charge is 0.478 e. The van der Waals surface area contributed by atoms with Crippen molar-refractivity contribution in [2.45, 2.75) is 13.5 Å². The number of amides is 1. The molecule has 3 aromatic rings. The van der Waals surface area contributed by atoms with Gasteiger partial charge in [-0.1, -0.05) is 30.3 Å². The molecule has 1 N–H and O–H groups in total. The molecule has 1 aliphatic rings. The van der Waals surface area contributed by atoms with E-state index in [9.17, 15) is 9.59 Å². The van der Waals surface area contributed by atoms with Crippen molar-refractivity contribution in [1.29, 1.82) is 0 Å². The summed E-state index contributed by atoms with van der Waals surface area (Å²) in [6.45, 7) is 2.13. The van der Waals surface area contributed by atoms with Crippen molar-refractivity contribution in [3.8, 4) is 0 Å². The third kappa shape index (κ3) is 4.36. The Balaban J connectivity index is 1.66. The number of para-hydroxylation sites is 1. The molecule has 0 spiro atoms. The molecule has 0 saturated carbocycles. The number of carboxylic acid groups (broad SMARTS) is 1. The van der Waals surface area contributed by atoms with Gasteiger partial charge in [-0.25, -0.2) is 9.79 Å². The lowest BCUT2D eigenvalue weighted by molar-refractivity contribution is -0.122. The van der Waals surface area contributed by atoms with E-state index >= 15 is 0 Å². The zero-order valence-corrected chi connectivity index (χ0v) is 16.9. The van der Waals surface area contributed by atoms with Crippen LogP contribution in [0.25, 0.3) is 6.08 Å². The molecule has 2 aromatic carbocycles. The molecule has 1 saturated heterocycles. The van der Waals surface area contributed by atoms with E-state index in [1.54, 1.807) is 23.1 Å². The van der Waals surface area contributed by atoms with E-state index in [-0.39, 0.29) is 18.0 Å². The zero-order chi connectivity index (χ0) is 21.1. The molecule has 1 aliphatic heterocycles. The van der Waals surface area contributed by atoms with Crippen LogP contribution in [0.5, 0.6) is 0 Å². The van der Waals surface area contributed by atoms with Gasteiger partial charge in [0.1, 0.15) is 11.5 Å². The van der Waals surface area contributed by atoms with Crippen LogP contribution in [0, 0.1) is 6.92 Å². The standard InChI is InChI=1S/C23H18N2O4S/c1-15-7-12-19(29-15)13-20-21(26)25(14-16-8-10-17(11-9-16)22(27)28)23(30-20)24-18-5-3-2-4-6-18/h2-13H,14H2,1H3,(H,27,28)/b20-13-,24-23?. The first-order valence-corrected chi connectivity index (χ1v) is 10.0. The van der Waals surface area contributed by atoms with Crippen LogP contribution in [0.4, 0.5) is 5.69 Å². The second kappa shape index (κ2) is 8.42. The quantitative estimate of drug-likeness (QED) is 0.584. The minimum Gasteiger partial charge on any atom is -0.478 e. The summed E-state index contributed by atoms with van der Waals surface area (Å²) in [7, 11) is 0. The van der Waals surface area contributed by atoms with Gasteiger partial charge in [0.15, 0.2) is 5.17 Å². The van der Waals surface area contributed by atoms with E-state index in [4.69, 9.17) is 9.52 Å². The number of aromatic carboxylic acids is 1. The number of hydrogen-bond donors (Lipinski definition) is 1. The van der Waals surface area contributed by atoms with Gasteiger partial charge in [-0.15, -0.1) is 0 Å². The number of furan rings is 1. The van der Waals surface area contributed by atoms with Gasteiger partial charge in [0.25, 0.3) is 5.91 Å². The van der Waals surface area contributed by atoms with Crippen molar-refractivity contribution in [3.63, 3.8) is 0 Å². The lowest BCUT2D eigenvalue weighted by Crippen LogP contribution is -2.28. The number of carbonyl (C=O) groups excluding carboxylic acids is 1. The van der Waals surface area contributed by atoms with Crippen LogP contribution in [0.1, 0.15) is 27.4 Å². The zero-order valence-electron chi connectivity index (χ0n) is 16.1. The molecule has 0 bridgehead atoms. The first-order valence-electron chi connectivity index (χ1n) is 9.23. The molecule has 1 fully saturated rings. The molecule has 30 heavy (non-hydrogen) atoms. The van der Waals surface area contributed by atoms with Gasteiger partial charge in [-0.05, 0) is 60.6 Å². The number of rotatable bonds is 5. The SMILES string of the molecule is Cc1ccc(/C=C2\SC(=Nc3ccccc3)N(Cc3ccc(C(=O)O)cc3)C2=O)o1. The summed E-state index contributed by atoms with van der Waals surface area (Å²) < 4.78 is 5.58. The minimum atomic E-state index is -0.986. The normalized spacial score (nSPS) is 16.6. The molecule has 7 heteroatoms. The maximum absolute atomic E-state index is 13.1. The number of carboxylic acids is 1. The highest BCUT2D eigenvalue weighted by Crippen LogP contribution is 2.35. The summed E-state index contributed by atoms with van der Waals surface area (Å²) in [6, 6.07) is 19.6. The first-order chi connectivity index (χ1) is 14.5. The molecule has 0 aliphatic carbocycles. The lowest BCUT2D eigenvalue weighted by atomic mass is 10.1. The van der Waals surface area contributed by atoms with E-state index < -0.39 is 5.97 Å². The van der Waals surface area contributed by atoms with E-state index in [2.05, 4.69) is 4.99 Å². The Bertz CT molecular complexity index is 1150. The van der Waals surface area contributed by atoms with Gasteiger partial charge < -0.3 is 9.52 Å². The molecule has 0 radical (unpaired) electrons. The van der Waals surface area contributed by atoms with Crippen LogP contribution < -0.4 is 0 Å². The molecule has 1 amide bonds. The Morgan fingerprint density at radius 2 is 1.83 bits per heavy atom. The highest BCUT2D eigenvalue weighted by atomic mass is 32.2. The molecular formula is C23H18N2O4S. The number of thioether (sulfide) groups is 1. The first kappa shape index (κ1) is 19.7. The molecule has 6 nitrogen and oxygen atoms in total. The highest BCUT2D eigenvalue weighted by molar-refractivity contribution is 8.18. The number of aryl methyl sites for hydroxylation is 1. The summed E-state index contributed by atoms with van der Waals surface area (Å²) in [5.41, 5.74) is 1.76. The van der Waals surface area contributed by atoms with E-state index in [1.165, 1.54) is 23.9 Å². The van der Waals surface area contributed by atoms with Gasteiger partial charge in [0.2, 0.25) is 0 Å². The Morgan fingerprint density at radius 1 is 1.10 bits per heavy atom. The Labute approximate surface area is 177 Å². The highest BCUT2D eigenvalue weighted by Gasteiger charge is 2.33. The molecule has 1 aromatic heterocycles. The van der Waals surface area contributed by atoms with Gasteiger partial charge in [0.05, 0.1) is 22.7 Å². The summed E-state index contributed by atoms with van der Waals surface area (Å²) in [6.07, 6.45) is 1.72. The van der Waals surface area contributed by atoms with Crippen LogP contribution in [0.2, 0.25) is 0 Å². The maximum Gasteiger partial charge on any atom is 0.335 e. The van der Waals surface area contributed by atoms with Crippen molar-refractivity contribution in [2.75, 3.05) is 0 Å². The summed E-state index contributed by atoms with van der Waals surface area (Å²) in [5.74, 6) is 0.214. The van der Waals surface area contributed by atoms with Crippen LogP contribution in [-0.2, 0) is 11.3 Å². The van der Waals surface area contributed by atoms with Crippen LogP contribution in [-0.4, -0.2) is 27.1 Å². The average molecular weight is 418 g/mol. The van der Waals surface area contributed by atoms with Crippen LogP contribution in [0.3, 0.4) is 0 Å². The average Bonchev–Trinajstić information content (AvgIpc) is 3.27. The number of nitrogens with zero attached hydrogens (tertiary/aromatic N) is 2. The molecule has 0 atom stereocenters. The number of hydrogen-bond acceptors (Lipinski definition) is 5. The third-order valence-corrected chi connectivity index (χ3v) is 5.45. The van der Waals surface area contributed by atoms with E-state index in [0.29, 0.717) is 15.8 Å². The van der Waals surface area contributed by atoms with E-state index in [1.807, 2.05) is 49.4 Å². The number of benzene rings is 2. The van der Waals surface area contributed by atoms with Crippen molar-refractivity contribution < 1.29 is 19.1 Å². The number of aliphatic imine (C=N–C) groups is 1. The number of amidine groups is 1. The Morgan fingerprint density at radius 3 is 2.47 bits per heavy atom. The van der Waals surface area contributed by atoms with Gasteiger partial charge in [-0.2, -0.15) is 0 Å². The third-order valence-electron chi connectivity index (χ3n) is 4.45. The molecule has 2 heterocycles. The van der Waals surface area contributed by atoms with Crippen molar-refractivity contribution >= 4 is 40.6 Å². The second-order valence-electron chi connectivity index (χ2n) is 6.68. The molecular weight excluding hydrogens is 400 g/mol. The fraction of sp³-hybridized carbons (Fsp3) is 0.0870. The Hall–Kier alpha value is -3.58. The molecule has 4 rings (SSSR count). The monoisotopic (exact) mass is 418 g/mol. The van der Waals surface area contributed by atoms with Gasteiger partial charge >= 0.3 is 5.97 Å².